The third-order valence-corrected chi connectivity index (χ3v) is 3.78. The van der Waals surface area contributed by atoms with Gasteiger partial charge < -0.3 is 5.32 Å². The summed E-state index contributed by atoms with van der Waals surface area (Å²) >= 11 is 5.93. The number of benzene rings is 2. The lowest BCUT2D eigenvalue weighted by atomic mass is 10.1. The highest BCUT2D eigenvalue weighted by Crippen LogP contribution is 2.11. The lowest BCUT2D eigenvalue weighted by Crippen LogP contribution is -2.30. The van der Waals surface area contributed by atoms with Crippen molar-refractivity contribution >= 4 is 52.4 Å². The Morgan fingerprint density at radius 3 is 2.27 bits per heavy atom. The molecule has 1 heterocycles. The molecule has 0 fully saturated rings. The van der Waals surface area contributed by atoms with E-state index in [-0.39, 0.29) is 17.0 Å². The SMILES string of the molecule is Br.Clc1ccc(C=CC(C=Cc2ccccc2)=NNC2=NCCN2)cc1. The molecular weight excluding hydrogens is 412 g/mol. The minimum atomic E-state index is 0. The van der Waals surface area contributed by atoms with Gasteiger partial charge in [-0.2, -0.15) is 5.10 Å². The topological polar surface area (TPSA) is 48.8 Å². The van der Waals surface area contributed by atoms with Gasteiger partial charge in [0, 0.05) is 11.6 Å². The Kier molecular flexibility index (Phi) is 8.12. The van der Waals surface area contributed by atoms with E-state index in [4.69, 9.17) is 11.6 Å². The molecule has 0 bridgehead atoms. The average Bonchev–Trinajstić information content (AvgIpc) is 3.17. The summed E-state index contributed by atoms with van der Waals surface area (Å²) in [7, 11) is 0. The number of aliphatic imine (C=N–C) groups is 1. The van der Waals surface area contributed by atoms with Crippen molar-refractivity contribution in [2.24, 2.45) is 10.1 Å². The average molecular weight is 432 g/mol. The van der Waals surface area contributed by atoms with Crippen LogP contribution in [0, 0.1) is 0 Å². The zero-order chi connectivity index (χ0) is 17.3. The number of allylic oxidation sites excluding steroid dienone is 2. The van der Waals surface area contributed by atoms with E-state index in [2.05, 4.69) is 20.8 Å². The van der Waals surface area contributed by atoms with E-state index in [9.17, 15) is 0 Å². The van der Waals surface area contributed by atoms with Crippen molar-refractivity contribution < 1.29 is 0 Å². The highest BCUT2D eigenvalue weighted by Gasteiger charge is 2.02. The van der Waals surface area contributed by atoms with Crippen molar-refractivity contribution in [1.29, 1.82) is 0 Å². The van der Waals surface area contributed by atoms with Gasteiger partial charge >= 0.3 is 0 Å². The van der Waals surface area contributed by atoms with Crippen LogP contribution in [0.25, 0.3) is 12.2 Å². The zero-order valence-corrected chi connectivity index (χ0v) is 16.6. The lowest BCUT2D eigenvalue weighted by Gasteiger charge is -2.01. The standard InChI is InChI=1S/C20H19ClN4.BrH/c21-18-10-6-17(7-11-18)9-13-19(24-25-20-22-14-15-23-20)12-8-16-4-2-1-3-5-16;/h1-13H,14-15H2,(H2,22,23,25);1H. The summed E-state index contributed by atoms with van der Waals surface area (Å²) in [5, 5.41) is 8.29. The van der Waals surface area contributed by atoms with Gasteiger partial charge in [0.25, 0.3) is 0 Å². The van der Waals surface area contributed by atoms with E-state index in [1.54, 1.807) is 0 Å². The maximum Gasteiger partial charge on any atom is 0.212 e. The quantitative estimate of drug-likeness (QED) is 0.539. The first-order valence-corrected chi connectivity index (χ1v) is 8.46. The molecule has 0 radical (unpaired) electrons. The first-order valence-electron chi connectivity index (χ1n) is 8.08. The van der Waals surface area contributed by atoms with E-state index < -0.39 is 0 Å². The van der Waals surface area contributed by atoms with Crippen LogP contribution in [0.5, 0.6) is 0 Å². The van der Waals surface area contributed by atoms with Crippen LogP contribution >= 0.6 is 28.6 Å². The first kappa shape index (κ1) is 19.9. The highest BCUT2D eigenvalue weighted by atomic mass is 79.9. The second-order valence-corrected chi connectivity index (χ2v) is 5.87. The van der Waals surface area contributed by atoms with Gasteiger partial charge in [-0.15, -0.1) is 17.0 Å². The van der Waals surface area contributed by atoms with Crippen LogP contribution in [0.3, 0.4) is 0 Å². The maximum atomic E-state index is 5.93. The van der Waals surface area contributed by atoms with Crippen molar-refractivity contribution in [3.63, 3.8) is 0 Å². The predicted molar refractivity (Wildman–Crippen MR) is 117 cm³/mol. The Labute approximate surface area is 169 Å². The number of nitrogens with zero attached hydrogens (tertiary/aromatic N) is 2. The molecule has 0 unspecified atom stereocenters. The van der Waals surface area contributed by atoms with Crippen molar-refractivity contribution in [2.75, 3.05) is 13.1 Å². The molecule has 3 rings (SSSR count). The van der Waals surface area contributed by atoms with Crippen LogP contribution in [0.2, 0.25) is 5.02 Å². The molecule has 0 aromatic heterocycles. The number of hydrogen-bond donors (Lipinski definition) is 2. The molecule has 2 aromatic rings. The van der Waals surface area contributed by atoms with E-state index in [1.165, 1.54) is 0 Å². The summed E-state index contributed by atoms with van der Waals surface area (Å²) in [6.45, 7) is 1.61. The number of rotatable bonds is 5. The molecule has 1 aliphatic heterocycles. The van der Waals surface area contributed by atoms with E-state index in [0.717, 1.165) is 35.0 Å². The summed E-state index contributed by atoms with van der Waals surface area (Å²) in [5.41, 5.74) is 5.93. The molecule has 134 valence electrons. The van der Waals surface area contributed by atoms with Crippen LogP contribution in [0.4, 0.5) is 0 Å². The van der Waals surface area contributed by atoms with Gasteiger partial charge in [-0.25, -0.2) is 10.4 Å². The van der Waals surface area contributed by atoms with Gasteiger partial charge in [-0.3, -0.25) is 0 Å². The third-order valence-electron chi connectivity index (χ3n) is 3.53. The molecular formula is C20H20BrClN4. The molecule has 2 N–H and O–H groups in total. The van der Waals surface area contributed by atoms with E-state index in [0.29, 0.717) is 5.96 Å². The molecule has 0 amide bonds. The molecule has 0 saturated heterocycles. The molecule has 0 spiro atoms. The molecule has 26 heavy (non-hydrogen) atoms. The first-order chi connectivity index (χ1) is 12.3. The summed E-state index contributed by atoms with van der Waals surface area (Å²) in [5.74, 6) is 0.700. The minimum Gasteiger partial charge on any atom is -0.353 e. The fraction of sp³-hybridized carbons (Fsp3) is 0.100. The van der Waals surface area contributed by atoms with Gasteiger partial charge in [0.05, 0.1) is 12.3 Å². The maximum absolute atomic E-state index is 5.93. The molecule has 0 saturated carbocycles. The molecule has 2 aromatic carbocycles. The second-order valence-electron chi connectivity index (χ2n) is 5.43. The van der Waals surface area contributed by atoms with Crippen molar-refractivity contribution in [3.8, 4) is 0 Å². The predicted octanol–water partition coefficient (Wildman–Crippen LogP) is 4.55. The third kappa shape index (κ3) is 6.50. The van der Waals surface area contributed by atoms with Crippen LogP contribution in [0.15, 0.2) is 76.8 Å². The Morgan fingerprint density at radius 2 is 1.65 bits per heavy atom. The van der Waals surface area contributed by atoms with Gasteiger partial charge in [-0.1, -0.05) is 66.2 Å². The largest absolute Gasteiger partial charge is 0.353 e. The molecule has 6 heteroatoms. The van der Waals surface area contributed by atoms with Gasteiger partial charge in [-0.05, 0) is 35.4 Å². The lowest BCUT2D eigenvalue weighted by molar-refractivity contribution is 0.918. The molecule has 0 aliphatic carbocycles. The van der Waals surface area contributed by atoms with Gasteiger partial charge in [0.2, 0.25) is 5.96 Å². The smallest absolute Gasteiger partial charge is 0.212 e. The van der Waals surface area contributed by atoms with Gasteiger partial charge in [0.1, 0.15) is 0 Å². The van der Waals surface area contributed by atoms with E-state index in [1.807, 2.05) is 78.9 Å². The Balaban J connectivity index is 0.00000243. The molecule has 0 atom stereocenters. The highest BCUT2D eigenvalue weighted by molar-refractivity contribution is 8.93. The molecule has 4 nitrogen and oxygen atoms in total. The normalized spacial score (nSPS) is 14.2. The zero-order valence-electron chi connectivity index (χ0n) is 14.1. The number of halogens is 2. The monoisotopic (exact) mass is 430 g/mol. The summed E-state index contributed by atoms with van der Waals surface area (Å²) < 4.78 is 0. The minimum absolute atomic E-state index is 0. The number of hydrazone groups is 1. The van der Waals surface area contributed by atoms with Crippen LogP contribution in [-0.4, -0.2) is 24.8 Å². The summed E-state index contributed by atoms with van der Waals surface area (Å²) in [6, 6.07) is 17.8. The van der Waals surface area contributed by atoms with Crippen LogP contribution in [0.1, 0.15) is 11.1 Å². The molecule has 1 aliphatic rings. The summed E-state index contributed by atoms with van der Waals surface area (Å²) in [6.07, 6.45) is 7.93. The van der Waals surface area contributed by atoms with Crippen LogP contribution in [-0.2, 0) is 0 Å². The van der Waals surface area contributed by atoms with Crippen molar-refractivity contribution in [1.82, 2.24) is 10.7 Å². The Bertz CT molecular complexity index is 811. The van der Waals surface area contributed by atoms with Gasteiger partial charge in [0.15, 0.2) is 0 Å². The van der Waals surface area contributed by atoms with E-state index >= 15 is 0 Å². The Morgan fingerprint density at radius 1 is 1.00 bits per heavy atom. The fourth-order valence-corrected chi connectivity index (χ4v) is 2.35. The second kappa shape index (κ2) is 10.6. The number of guanidine groups is 1. The Hall–Kier alpha value is -2.37. The number of nitrogens with one attached hydrogen (secondary N) is 2. The number of hydrogen-bond acceptors (Lipinski definition) is 4. The van der Waals surface area contributed by atoms with Crippen molar-refractivity contribution in [3.05, 3.63) is 82.9 Å². The fourth-order valence-electron chi connectivity index (χ4n) is 2.22. The van der Waals surface area contributed by atoms with Crippen LogP contribution < -0.4 is 10.7 Å². The summed E-state index contributed by atoms with van der Waals surface area (Å²) in [4.78, 5) is 4.28. The van der Waals surface area contributed by atoms with Crippen molar-refractivity contribution in [2.45, 2.75) is 0 Å².